The Morgan fingerprint density at radius 1 is 1.05 bits per heavy atom. The Morgan fingerprint density at radius 2 is 1.75 bits per heavy atom. The van der Waals surface area contributed by atoms with Gasteiger partial charge in [-0.2, -0.15) is 0 Å². The van der Waals surface area contributed by atoms with Gasteiger partial charge in [0.1, 0.15) is 5.82 Å². The molecule has 1 heterocycles. The first kappa shape index (κ1) is 12.7. The highest BCUT2D eigenvalue weighted by Gasteiger charge is 2.11. The highest BCUT2D eigenvalue weighted by atomic mass is 15.1. The van der Waals surface area contributed by atoms with E-state index in [-0.39, 0.29) is 0 Å². The van der Waals surface area contributed by atoms with Crippen molar-refractivity contribution in [1.29, 1.82) is 0 Å². The number of imidazole rings is 1. The van der Waals surface area contributed by atoms with Crippen LogP contribution >= 0.6 is 0 Å². The molecular weight excluding hydrogens is 246 g/mol. The fraction of sp³-hybridized carbons (Fsp3) is 0.235. The number of nitrogen functional groups attached to an aromatic ring is 1. The van der Waals surface area contributed by atoms with Gasteiger partial charge in [-0.25, -0.2) is 4.98 Å². The molecule has 0 spiro atoms. The van der Waals surface area contributed by atoms with Crippen molar-refractivity contribution in [3.8, 4) is 5.69 Å². The van der Waals surface area contributed by atoms with Gasteiger partial charge in [0.05, 0.1) is 11.0 Å². The lowest BCUT2D eigenvalue weighted by molar-refractivity contribution is 0.906. The zero-order chi connectivity index (χ0) is 14.3. The largest absolute Gasteiger partial charge is 0.399 e. The van der Waals surface area contributed by atoms with Crippen molar-refractivity contribution in [2.24, 2.45) is 0 Å². The lowest BCUT2D eigenvalue weighted by Crippen LogP contribution is -2.01. The van der Waals surface area contributed by atoms with E-state index in [1.54, 1.807) is 0 Å². The first-order chi connectivity index (χ1) is 9.58. The number of aryl methyl sites for hydroxylation is 3. The summed E-state index contributed by atoms with van der Waals surface area (Å²) in [5, 5.41) is 0. The molecule has 0 saturated carbocycles. The van der Waals surface area contributed by atoms with Crippen molar-refractivity contribution >= 4 is 16.7 Å². The summed E-state index contributed by atoms with van der Waals surface area (Å²) in [5.74, 6) is 1.07. The fourth-order valence-corrected chi connectivity index (χ4v) is 2.75. The number of hydrogen-bond donors (Lipinski definition) is 1. The summed E-state index contributed by atoms with van der Waals surface area (Å²) in [6.45, 7) is 6.38. The number of nitrogens with zero attached hydrogens (tertiary/aromatic N) is 2. The number of rotatable bonds is 2. The van der Waals surface area contributed by atoms with Crippen LogP contribution in [0, 0.1) is 13.8 Å². The molecule has 0 bridgehead atoms. The molecule has 1 aromatic heterocycles. The monoisotopic (exact) mass is 265 g/mol. The van der Waals surface area contributed by atoms with Crippen LogP contribution in [-0.2, 0) is 6.42 Å². The quantitative estimate of drug-likeness (QED) is 0.716. The Kier molecular flexibility index (Phi) is 2.97. The van der Waals surface area contributed by atoms with Gasteiger partial charge in [-0.15, -0.1) is 0 Å². The smallest absolute Gasteiger partial charge is 0.114 e. The van der Waals surface area contributed by atoms with Gasteiger partial charge >= 0.3 is 0 Å². The molecule has 102 valence electrons. The second kappa shape index (κ2) is 4.67. The van der Waals surface area contributed by atoms with Crippen LogP contribution in [0.3, 0.4) is 0 Å². The van der Waals surface area contributed by atoms with Gasteiger partial charge in [0.2, 0.25) is 0 Å². The Hall–Kier alpha value is -2.29. The van der Waals surface area contributed by atoms with Gasteiger partial charge in [-0.1, -0.05) is 13.0 Å². The third kappa shape index (κ3) is 2.05. The molecule has 2 N–H and O–H groups in total. The summed E-state index contributed by atoms with van der Waals surface area (Å²) in [6, 6.07) is 12.5. The van der Waals surface area contributed by atoms with E-state index >= 15 is 0 Å². The minimum absolute atomic E-state index is 0.755. The van der Waals surface area contributed by atoms with E-state index in [0.717, 1.165) is 29.0 Å². The second-order valence-electron chi connectivity index (χ2n) is 5.31. The van der Waals surface area contributed by atoms with Crippen LogP contribution in [0.25, 0.3) is 16.7 Å². The van der Waals surface area contributed by atoms with Crippen LogP contribution in [0.4, 0.5) is 5.69 Å². The number of aromatic nitrogens is 2. The van der Waals surface area contributed by atoms with E-state index in [1.807, 2.05) is 12.1 Å². The molecule has 0 aliphatic heterocycles. The maximum Gasteiger partial charge on any atom is 0.114 e. The van der Waals surface area contributed by atoms with Gasteiger partial charge < -0.3 is 5.73 Å². The van der Waals surface area contributed by atoms with Crippen LogP contribution in [-0.4, -0.2) is 9.55 Å². The number of anilines is 1. The Bertz CT molecular complexity index is 764. The molecule has 0 atom stereocenters. The van der Waals surface area contributed by atoms with Crippen molar-refractivity contribution in [1.82, 2.24) is 9.55 Å². The minimum atomic E-state index is 0.755. The van der Waals surface area contributed by atoms with Crippen molar-refractivity contribution in [3.05, 3.63) is 53.3 Å². The summed E-state index contributed by atoms with van der Waals surface area (Å²) in [7, 11) is 0. The summed E-state index contributed by atoms with van der Waals surface area (Å²) < 4.78 is 2.23. The second-order valence-corrected chi connectivity index (χ2v) is 5.31. The molecule has 0 amide bonds. The third-order valence-electron chi connectivity index (χ3n) is 3.53. The topological polar surface area (TPSA) is 43.8 Å². The molecule has 0 unspecified atom stereocenters. The molecule has 0 fully saturated rings. The minimum Gasteiger partial charge on any atom is -0.399 e. The molecule has 20 heavy (non-hydrogen) atoms. The Labute approximate surface area is 119 Å². The van der Waals surface area contributed by atoms with Gasteiger partial charge in [0.15, 0.2) is 0 Å². The summed E-state index contributed by atoms with van der Waals surface area (Å²) in [5.41, 5.74) is 12.4. The fourth-order valence-electron chi connectivity index (χ4n) is 2.75. The molecule has 0 radical (unpaired) electrons. The molecular formula is C17H19N3. The lowest BCUT2D eigenvalue weighted by Gasteiger charge is -2.10. The average Bonchev–Trinajstić information content (AvgIpc) is 2.74. The van der Waals surface area contributed by atoms with Gasteiger partial charge in [0, 0.05) is 17.8 Å². The van der Waals surface area contributed by atoms with Gasteiger partial charge in [-0.3, -0.25) is 4.57 Å². The van der Waals surface area contributed by atoms with E-state index in [1.165, 1.54) is 16.8 Å². The number of fused-ring (bicyclic) bond motifs is 1. The Morgan fingerprint density at radius 3 is 2.40 bits per heavy atom. The summed E-state index contributed by atoms with van der Waals surface area (Å²) in [6.07, 6.45) is 0.890. The van der Waals surface area contributed by atoms with Crippen LogP contribution in [0.15, 0.2) is 36.4 Å². The van der Waals surface area contributed by atoms with E-state index in [4.69, 9.17) is 10.7 Å². The number of nitrogens with two attached hydrogens (primary N) is 1. The predicted octanol–water partition coefficient (Wildman–Crippen LogP) is 3.79. The van der Waals surface area contributed by atoms with E-state index in [9.17, 15) is 0 Å². The van der Waals surface area contributed by atoms with E-state index in [0.29, 0.717) is 0 Å². The van der Waals surface area contributed by atoms with Crippen LogP contribution in [0.2, 0.25) is 0 Å². The standard InChI is InChI=1S/C17H19N3/c1-4-17-19-15-10-13(18)5-6-16(15)20(17)14-8-11(2)7-12(3)9-14/h5-10H,4,18H2,1-3H3. The highest BCUT2D eigenvalue weighted by Crippen LogP contribution is 2.25. The predicted molar refractivity (Wildman–Crippen MR) is 84.3 cm³/mol. The van der Waals surface area contributed by atoms with Gasteiger partial charge in [0.25, 0.3) is 0 Å². The lowest BCUT2D eigenvalue weighted by atomic mass is 10.1. The molecule has 2 aromatic carbocycles. The molecule has 0 aliphatic carbocycles. The van der Waals surface area contributed by atoms with Crippen molar-refractivity contribution in [2.45, 2.75) is 27.2 Å². The summed E-state index contributed by atoms with van der Waals surface area (Å²) in [4.78, 5) is 4.71. The van der Waals surface area contributed by atoms with Crippen molar-refractivity contribution < 1.29 is 0 Å². The highest BCUT2D eigenvalue weighted by molar-refractivity contribution is 5.81. The molecule has 3 aromatic rings. The Balaban J connectivity index is 2.33. The van der Waals surface area contributed by atoms with Gasteiger partial charge in [-0.05, 0) is 55.3 Å². The first-order valence-corrected chi connectivity index (χ1v) is 6.94. The SMILES string of the molecule is CCc1nc2cc(N)ccc2n1-c1cc(C)cc(C)c1. The zero-order valence-electron chi connectivity index (χ0n) is 12.1. The molecule has 0 saturated heterocycles. The first-order valence-electron chi connectivity index (χ1n) is 6.94. The van der Waals surface area contributed by atoms with Crippen LogP contribution in [0.1, 0.15) is 23.9 Å². The zero-order valence-corrected chi connectivity index (χ0v) is 12.1. The average molecular weight is 265 g/mol. The molecule has 3 rings (SSSR count). The van der Waals surface area contributed by atoms with Crippen LogP contribution in [0.5, 0.6) is 0 Å². The van der Waals surface area contributed by atoms with E-state index in [2.05, 4.69) is 49.6 Å². The van der Waals surface area contributed by atoms with E-state index < -0.39 is 0 Å². The maximum atomic E-state index is 5.86. The van der Waals surface area contributed by atoms with Crippen LogP contribution < -0.4 is 5.73 Å². The normalized spacial score (nSPS) is 11.2. The molecule has 3 nitrogen and oxygen atoms in total. The third-order valence-corrected chi connectivity index (χ3v) is 3.53. The van der Waals surface area contributed by atoms with Crippen molar-refractivity contribution in [2.75, 3.05) is 5.73 Å². The number of benzene rings is 2. The van der Waals surface area contributed by atoms with Crippen molar-refractivity contribution in [3.63, 3.8) is 0 Å². The number of hydrogen-bond acceptors (Lipinski definition) is 2. The molecule has 3 heteroatoms. The maximum absolute atomic E-state index is 5.86. The summed E-state index contributed by atoms with van der Waals surface area (Å²) >= 11 is 0. The molecule has 0 aliphatic rings.